The number of carboxylic acids is 2. The van der Waals surface area contributed by atoms with Crippen LogP contribution >= 0.6 is 0 Å². The average molecular weight is 410 g/mol. The van der Waals surface area contributed by atoms with Crippen LogP contribution in [0.1, 0.15) is 42.7 Å². The largest absolute Gasteiger partial charge is 0.478 e. The summed E-state index contributed by atoms with van der Waals surface area (Å²) in [4.78, 5) is 21.8. The average Bonchev–Trinajstić information content (AvgIpc) is 2.77. The molecule has 1 fully saturated rings. The molecule has 5 nitrogen and oxygen atoms in total. The molecular formula is C25H31NO4. The van der Waals surface area contributed by atoms with Gasteiger partial charge in [-0.25, -0.2) is 9.59 Å². The fourth-order valence-corrected chi connectivity index (χ4v) is 3.67. The third kappa shape index (κ3) is 9.52. The Kier molecular flexibility index (Phi) is 10.4. The fraction of sp³-hybridized carbons (Fsp3) is 0.360. The van der Waals surface area contributed by atoms with E-state index in [-0.39, 0.29) is 0 Å². The van der Waals surface area contributed by atoms with E-state index in [1.807, 2.05) is 0 Å². The summed E-state index contributed by atoms with van der Waals surface area (Å²) in [5, 5.41) is 15.6. The number of benzene rings is 2. The lowest BCUT2D eigenvalue weighted by atomic mass is 9.89. The monoisotopic (exact) mass is 409 g/mol. The number of hydrogen-bond acceptors (Lipinski definition) is 3. The van der Waals surface area contributed by atoms with Crippen molar-refractivity contribution >= 4 is 11.9 Å². The van der Waals surface area contributed by atoms with Crippen LogP contribution in [-0.4, -0.2) is 46.7 Å². The Labute approximate surface area is 178 Å². The van der Waals surface area contributed by atoms with Crippen LogP contribution in [0.15, 0.2) is 72.8 Å². The van der Waals surface area contributed by atoms with E-state index < -0.39 is 11.9 Å². The maximum Gasteiger partial charge on any atom is 0.328 e. The molecule has 0 aliphatic carbocycles. The van der Waals surface area contributed by atoms with Crippen LogP contribution in [0.2, 0.25) is 0 Å². The van der Waals surface area contributed by atoms with E-state index in [0.717, 1.165) is 5.92 Å². The highest BCUT2D eigenvalue weighted by molar-refractivity contribution is 5.89. The summed E-state index contributed by atoms with van der Waals surface area (Å²) >= 11 is 0. The molecular weight excluding hydrogens is 378 g/mol. The van der Waals surface area contributed by atoms with Crippen LogP contribution in [-0.2, 0) is 16.0 Å². The van der Waals surface area contributed by atoms with Crippen molar-refractivity contribution in [2.45, 2.75) is 38.0 Å². The fourth-order valence-electron chi connectivity index (χ4n) is 3.67. The van der Waals surface area contributed by atoms with Crippen molar-refractivity contribution in [1.29, 1.82) is 0 Å². The van der Waals surface area contributed by atoms with Crippen molar-refractivity contribution < 1.29 is 19.8 Å². The molecule has 1 saturated heterocycles. The van der Waals surface area contributed by atoms with Gasteiger partial charge >= 0.3 is 11.9 Å². The molecule has 1 aliphatic rings. The second kappa shape index (κ2) is 13.3. The first kappa shape index (κ1) is 23.4. The van der Waals surface area contributed by atoms with Crippen LogP contribution in [0.25, 0.3) is 0 Å². The highest BCUT2D eigenvalue weighted by atomic mass is 16.4. The SMILES string of the molecule is O=C(O)/C=C\C(=O)O.c1ccc(CCCCN2CCC(c3ccccc3)CC2)cc1. The minimum Gasteiger partial charge on any atom is -0.478 e. The zero-order chi connectivity index (χ0) is 21.6. The second-order valence-electron chi connectivity index (χ2n) is 7.48. The molecule has 0 spiro atoms. The molecule has 2 aromatic carbocycles. The summed E-state index contributed by atoms with van der Waals surface area (Å²) in [5.41, 5.74) is 3.01. The maximum atomic E-state index is 9.55. The van der Waals surface area contributed by atoms with Crippen LogP contribution in [0.4, 0.5) is 0 Å². The van der Waals surface area contributed by atoms with E-state index in [1.54, 1.807) is 0 Å². The van der Waals surface area contributed by atoms with Crippen molar-refractivity contribution in [2.75, 3.05) is 19.6 Å². The molecule has 0 unspecified atom stereocenters. The Hall–Kier alpha value is -2.92. The predicted molar refractivity (Wildman–Crippen MR) is 119 cm³/mol. The van der Waals surface area contributed by atoms with Gasteiger partial charge in [0.15, 0.2) is 0 Å². The first-order valence-corrected chi connectivity index (χ1v) is 10.5. The highest BCUT2D eigenvalue weighted by Crippen LogP contribution is 2.27. The molecule has 2 N–H and O–H groups in total. The van der Waals surface area contributed by atoms with Gasteiger partial charge in [-0.1, -0.05) is 60.7 Å². The molecule has 30 heavy (non-hydrogen) atoms. The van der Waals surface area contributed by atoms with Gasteiger partial charge in [0.2, 0.25) is 0 Å². The Morgan fingerprint density at radius 2 is 1.37 bits per heavy atom. The number of carbonyl (C=O) groups is 2. The number of likely N-dealkylation sites (tertiary alicyclic amines) is 1. The van der Waals surface area contributed by atoms with Gasteiger partial charge in [-0.05, 0) is 68.8 Å². The molecule has 3 rings (SSSR count). The van der Waals surface area contributed by atoms with Gasteiger partial charge in [-0.15, -0.1) is 0 Å². The molecule has 1 aliphatic heterocycles. The first-order chi connectivity index (χ1) is 14.5. The number of nitrogens with zero attached hydrogens (tertiary/aromatic N) is 1. The molecule has 0 amide bonds. The van der Waals surface area contributed by atoms with Gasteiger partial charge in [0, 0.05) is 12.2 Å². The lowest BCUT2D eigenvalue weighted by Gasteiger charge is -2.32. The zero-order valence-electron chi connectivity index (χ0n) is 17.3. The van der Waals surface area contributed by atoms with Gasteiger partial charge < -0.3 is 15.1 Å². The maximum absolute atomic E-state index is 9.55. The molecule has 2 aromatic rings. The highest BCUT2D eigenvalue weighted by Gasteiger charge is 2.19. The Morgan fingerprint density at radius 3 is 1.90 bits per heavy atom. The topological polar surface area (TPSA) is 77.8 Å². The number of hydrogen-bond donors (Lipinski definition) is 2. The molecule has 1 heterocycles. The lowest BCUT2D eigenvalue weighted by Crippen LogP contribution is -2.33. The van der Waals surface area contributed by atoms with Crippen LogP contribution in [0.3, 0.4) is 0 Å². The zero-order valence-corrected chi connectivity index (χ0v) is 17.3. The predicted octanol–water partition coefficient (Wildman–Crippen LogP) is 4.60. The van der Waals surface area contributed by atoms with Crippen LogP contribution in [0.5, 0.6) is 0 Å². The van der Waals surface area contributed by atoms with E-state index in [0.29, 0.717) is 12.2 Å². The smallest absolute Gasteiger partial charge is 0.328 e. The van der Waals surface area contributed by atoms with Gasteiger partial charge in [0.25, 0.3) is 0 Å². The first-order valence-electron chi connectivity index (χ1n) is 10.5. The van der Waals surface area contributed by atoms with Crippen molar-refractivity contribution in [3.8, 4) is 0 Å². The lowest BCUT2D eigenvalue weighted by molar-refractivity contribution is -0.134. The summed E-state index contributed by atoms with van der Waals surface area (Å²) in [6.07, 6.45) is 7.62. The van der Waals surface area contributed by atoms with Gasteiger partial charge in [-0.3, -0.25) is 0 Å². The summed E-state index contributed by atoms with van der Waals surface area (Å²) < 4.78 is 0. The molecule has 0 saturated carbocycles. The molecule has 0 atom stereocenters. The summed E-state index contributed by atoms with van der Waals surface area (Å²) in [6, 6.07) is 21.9. The molecule has 5 heteroatoms. The third-order valence-electron chi connectivity index (χ3n) is 5.26. The molecule has 0 aromatic heterocycles. The van der Waals surface area contributed by atoms with E-state index >= 15 is 0 Å². The number of piperidine rings is 1. The third-order valence-corrected chi connectivity index (χ3v) is 5.26. The number of aliphatic carboxylic acids is 2. The van der Waals surface area contributed by atoms with Crippen molar-refractivity contribution in [1.82, 2.24) is 4.90 Å². The van der Waals surface area contributed by atoms with Crippen LogP contribution < -0.4 is 0 Å². The van der Waals surface area contributed by atoms with E-state index in [4.69, 9.17) is 10.2 Å². The van der Waals surface area contributed by atoms with E-state index in [2.05, 4.69) is 65.6 Å². The van der Waals surface area contributed by atoms with E-state index in [9.17, 15) is 9.59 Å². The number of unbranched alkanes of at least 4 members (excludes halogenated alkanes) is 1. The van der Waals surface area contributed by atoms with Crippen molar-refractivity contribution in [3.63, 3.8) is 0 Å². The van der Waals surface area contributed by atoms with Crippen molar-refractivity contribution in [3.05, 3.63) is 83.9 Å². The van der Waals surface area contributed by atoms with Gasteiger partial charge in [0.1, 0.15) is 0 Å². The summed E-state index contributed by atoms with van der Waals surface area (Å²) in [7, 11) is 0. The standard InChI is InChI=1S/C21H27N.C4H4O4/c1-3-9-19(10-4-1)11-7-8-16-22-17-14-21(15-18-22)20-12-5-2-6-13-20;5-3(6)1-2-4(7)8/h1-6,9-10,12-13,21H,7-8,11,14-18H2;1-2H,(H,5,6)(H,7,8)/b;2-1-. The van der Waals surface area contributed by atoms with Gasteiger partial charge in [-0.2, -0.15) is 0 Å². The normalized spacial score (nSPS) is 14.8. The minimum atomic E-state index is -1.26. The number of carboxylic acid groups (broad SMARTS) is 2. The summed E-state index contributed by atoms with van der Waals surface area (Å²) in [5.74, 6) is -1.73. The second-order valence-corrected chi connectivity index (χ2v) is 7.48. The van der Waals surface area contributed by atoms with Gasteiger partial charge in [0.05, 0.1) is 0 Å². The van der Waals surface area contributed by atoms with Crippen LogP contribution in [0, 0.1) is 0 Å². The van der Waals surface area contributed by atoms with Crippen molar-refractivity contribution in [2.24, 2.45) is 0 Å². The number of aryl methyl sites for hydroxylation is 1. The molecule has 0 bridgehead atoms. The van der Waals surface area contributed by atoms with E-state index in [1.165, 1.54) is 62.9 Å². The number of rotatable bonds is 8. The molecule has 0 radical (unpaired) electrons. The quantitative estimate of drug-likeness (QED) is 0.492. The Balaban J connectivity index is 0.000000343. The molecule has 160 valence electrons. The summed E-state index contributed by atoms with van der Waals surface area (Å²) in [6.45, 7) is 3.81. The minimum absolute atomic E-state index is 0.558. The Bertz CT molecular complexity index is 765. The Morgan fingerprint density at radius 1 is 0.833 bits per heavy atom.